The molecule has 26 heavy (non-hydrogen) atoms. The number of esters is 1. The molecule has 1 unspecified atom stereocenters. The molecular formula is C19H26N4O2S. The zero-order valence-corrected chi connectivity index (χ0v) is 16.5. The molecule has 140 valence electrons. The van der Waals surface area contributed by atoms with E-state index in [4.69, 9.17) is 17.0 Å². The molecule has 0 fully saturated rings. The van der Waals surface area contributed by atoms with Crippen molar-refractivity contribution < 1.29 is 9.53 Å². The smallest absolute Gasteiger partial charge is 0.338 e. The lowest BCUT2D eigenvalue weighted by Crippen LogP contribution is -2.48. The van der Waals surface area contributed by atoms with Crippen molar-refractivity contribution >= 4 is 29.0 Å². The fourth-order valence-corrected chi connectivity index (χ4v) is 2.62. The van der Waals surface area contributed by atoms with E-state index in [1.807, 2.05) is 16.9 Å². The van der Waals surface area contributed by atoms with Crippen LogP contribution in [0.2, 0.25) is 0 Å². The van der Waals surface area contributed by atoms with Crippen LogP contribution in [0.15, 0.2) is 42.7 Å². The second kappa shape index (κ2) is 8.80. The van der Waals surface area contributed by atoms with Gasteiger partial charge in [0.05, 0.1) is 24.8 Å². The Morgan fingerprint density at radius 3 is 2.54 bits per heavy atom. The summed E-state index contributed by atoms with van der Waals surface area (Å²) in [6, 6.07) is 9.05. The molecule has 1 heterocycles. The fourth-order valence-electron chi connectivity index (χ4n) is 2.36. The van der Waals surface area contributed by atoms with Gasteiger partial charge >= 0.3 is 5.97 Å². The molecule has 1 atom stereocenters. The maximum absolute atomic E-state index is 11.7. The molecule has 2 aromatic rings. The molecule has 2 rings (SSSR count). The minimum atomic E-state index is -0.327. The molecular weight excluding hydrogens is 348 g/mol. The van der Waals surface area contributed by atoms with Crippen molar-refractivity contribution in [3.8, 4) is 0 Å². The number of aromatic nitrogens is 2. The molecule has 7 heteroatoms. The third-order valence-corrected chi connectivity index (χ3v) is 4.15. The van der Waals surface area contributed by atoms with E-state index in [1.165, 1.54) is 0 Å². The summed E-state index contributed by atoms with van der Waals surface area (Å²) in [5.41, 5.74) is 1.32. The first-order valence-corrected chi connectivity index (χ1v) is 9.02. The lowest BCUT2D eigenvalue weighted by atomic mass is 9.87. The average Bonchev–Trinajstić information content (AvgIpc) is 3.07. The van der Waals surface area contributed by atoms with Crippen LogP contribution in [0.1, 0.15) is 38.1 Å². The summed E-state index contributed by atoms with van der Waals surface area (Å²) in [6.45, 7) is 9.32. The zero-order chi connectivity index (χ0) is 19.2. The largest absolute Gasteiger partial charge is 0.462 e. The Hall–Kier alpha value is -2.41. The van der Waals surface area contributed by atoms with Crippen LogP contribution in [0.25, 0.3) is 0 Å². The van der Waals surface area contributed by atoms with Gasteiger partial charge in [0.2, 0.25) is 0 Å². The number of rotatable bonds is 6. The third kappa shape index (κ3) is 5.84. The lowest BCUT2D eigenvalue weighted by molar-refractivity contribution is 0.0526. The first kappa shape index (κ1) is 19.9. The highest BCUT2D eigenvalue weighted by Gasteiger charge is 2.26. The predicted molar refractivity (Wildman–Crippen MR) is 107 cm³/mol. The normalized spacial score (nSPS) is 12.3. The van der Waals surface area contributed by atoms with E-state index in [9.17, 15) is 4.79 Å². The monoisotopic (exact) mass is 374 g/mol. The molecule has 1 aromatic carbocycles. The first-order valence-electron chi connectivity index (χ1n) is 8.61. The maximum Gasteiger partial charge on any atom is 0.338 e. The summed E-state index contributed by atoms with van der Waals surface area (Å²) < 4.78 is 6.87. The fraction of sp³-hybridized carbons (Fsp3) is 0.421. The molecule has 0 aliphatic carbocycles. The van der Waals surface area contributed by atoms with Crippen molar-refractivity contribution in [2.24, 2.45) is 5.41 Å². The van der Waals surface area contributed by atoms with Crippen LogP contribution in [-0.2, 0) is 11.3 Å². The van der Waals surface area contributed by atoms with Gasteiger partial charge in [0.25, 0.3) is 0 Å². The third-order valence-electron chi connectivity index (χ3n) is 3.93. The van der Waals surface area contributed by atoms with Gasteiger partial charge < -0.3 is 15.4 Å². The molecule has 0 aliphatic rings. The second-order valence-electron chi connectivity index (χ2n) is 7.04. The summed E-state index contributed by atoms with van der Waals surface area (Å²) in [4.78, 5) is 11.7. The summed E-state index contributed by atoms with van der Waals surface area (Å²) in [5, 5.41) is 11.3. The standard InChI is InChI=1S/C19H26N4O2S/c1-5-25-17(24)14-7-9-15(10-8-14)21-18(26)22-16(19(2,3)4)13-23-12-6-11-20-23/h6-12,16H,5,13H2,1-4H3,(H2,21,22,26). The lowest BCUT2D eigenvalue weighted by Gasteiger charge is -2.32. The van der Waals surface area contributed by atoms with Crippen LogP contribution >= 0.6 is 12.2 Å². The van der Waals surface area contributed by atoms with Gasteiger partial charge in [0.15, 0.2) is 5.11 Å². The Morgan fingerprint density at radius 2 is 2.00 bits per heavy atom. The number of carbonyl (C=O) groups excluding carboxylic acids is 1. The van der Waals surface area contributed by atoms with Crippen molar-refractivity contribution in [1.82, 2.24) is 15.1 Å². The second-order valence-corrected chi connectivity index (χ2v) is 7.45. The van der Waals surface area contributed by atoms with Crippen LogP contribution in [0, 0.1) is 5.41 Å². The minimum Gasteiger partial charge on any atom is -0.462 e. The van der Waals surface area contributed by atoms with Crippen molar-refractivity contribution in [3.63, 3.8) is 0 Å². The molecule has 6 nitrogen and oxygen atoms in total. The van der Waals surface area contributed by atoms with E-state index in [1.54, 1.807) is 37.4 Å². The quantitative estimate of drug-likeness (QED) is 0.596. The van der Waals surface area contributed by atoms with Gasteiger partial charge in [0, 0.05) is 18.1 Å². The number of carbonyl (C=O) groups is 1. The number of thiocarbonyl (C=S) groups is 1. The SMILES string of the molecule is CCOC(=O)c1ccc(NC(=S)NC(Cn2cccn2)C(C)(C)C)cc1. The predicted octanol–water partition coefficient (Wildman–Crippen LogP) is 3.46. The van der Waals surface area contributed by atoms with Crippen LogP contribution in [0.3, 0.4) is 0 Å². The summed E-state index contributed by atoms with van der Waals surface area (Å²) in [5.74, 6) is -0.327. The molecule has 0 radical (unpaired) electrons. The van der Waals surface area contributed by atoms with Gasteiger partial charge in [-0.15, -0.1) is 0 Å². The molecule has 0 aliphatic heterocycles. The summed E-state index contributed by atoms with van der Waals surface area (Å²) in [7, 11) is 0. The van der Waals surface area contributed by atoms with Gasteiger partial charge in [0.1, 0.15) is 0 Å². The van der Waals surface area contributed by atoms with E-state index < -0.39 is 0 Å². The number of hydrogen-bond acceptors (Lipinski definition) is 4. The number of hydrogen-bond donors (Lipinski definition) is 2. The molecule has 0 amide bonds. The Bertz CT molecular complexity index is 721. The van der Waals surface area contributed by atoms with Gasteiger partial charge in [-0.2, -0.15) is 5.10 Å². The van der Waals surface area contributed by atoms with E-state index in [0.29, 0.717) is 23.8 Å². The van der Waals surface area contributed by atoms with Gasteiger partial charge in [-0.1, -0.05) is 20.8 Å². The van der Waals surface area contributed by atoms with Gasteiger partial charge in [-0.05, 0) is 54.9 Å². The van der Waals surface area contributed by atoms with Crippen LogP contribution in [-0.4, -0.2) is 33.5 Å². The molecule has 0 bridgehead atoms. The highest BCUT2D eigenvalue weighted by atomic mass is 32.1. The van der Waals surface area contributed by atoms with Crippen LogP contribution < -0.4 is 10.6 Å². The Morgan fingerprint density at radius 1 is 1.31 bits per heavy atom. The van der Waals surface area contributed by atoms with E-state index in [-0.39, 0.29) is 17.4 Å². The summed E-state index contributed by atoms with van der Waals surface area (Å²) in [6.07, 6.45) is 3.70. The number of benzene rings is 1. The zero-order valence-electron chi connectivity index (χ0n) is 15.7. The van der Waals surface area contributed by atoms with Crippen molar-refractivity contribution in [1.29, 1.82) is 0 Å². The molecule has 0 spiro atoms. The van der Waals surface area contributed by atoms with E-state index in [2.05, 4.69) is 36.5 Å². The van der Waals surface area contributed by atoms with Crippen molar-refractivity contribution in [3.05, 3.63) is 48.3 Å². The minimum absolute atomic E-state index is 0.00847. The highest BCUT2D eigenvalue weighted by molar-refractivity contribution is 7.80. The summed E-state index contributed by atoms with van der Waals surface area (Å²) >= 11 is 5.46. The highest BCUT2D eigenvalue weighted by Crippen LogP contribution is 2.21. The van der Waals surface area contributed by atoms with Crippen LogP contribution in [0.4, 0.5) is 5.69 Å². The molecule has 2 N–H and O–H groups in total. The van der Waals surface area contributed by atoms with E-state index >= 15 is 0 Å². The Kier molecular flexibility index (Phi) is 6.74. The van der Waals surface area contributed by atoms with Gasteiger partial charge in [-0.25, -0.2) is 4.79 Å². The average molecular weight is 375 g/mol. The van der Waals surface area contributed by atoms with Crippen LogP contribution in [0.5, 0.6) is 0 Å². The molecule has 0 saturated carbocycles. The van der Waals surface area contributed by atoms with E-state index in [0.717, 1.165) is 5.69 Å². The number of anilines is 1. The Labute approximate surface area is 159 Å². The number of nitrogens with one attached hydrogen (secondary N) is 2. The van der Waals surface area contributed by atoms with Crippen molar-refractivity contribution in [2.75, 3.05) is 11.9 Å². The topological polar surface area (TPSA) is 68.2 Å². The maximum atomic E-state index is 11.7. The number of nitrogens with zero attached hydrogens (tertiary/aromatic N) is 2. The van der Waals surface area contributed by atoms with Crippen molar-refractivity contribution in [2.45, 2.75) is 40.3 Å². The molecule has 0 saturated heterocycles. The Balaban J connectivity index is 1.98. The number of ether oxygens (including phenoxy) is 1. The first-order chi connectivity index (χ1) is 12.3. The van der Waals surface area contributed by atoms with Gasteiger partial charge in [-0.3, -0.25) is 4.68 Å². The molecule has 1 aromatic heterocycles.